The summed E-state index contributed by atoms with van der Waals surface area (Å²) >= 11 is 0. The van der Waals surface area contributed by atoms with E-state index < -0.39 is 0 Å². The van der Waals surface area contributed by atoms with E-state index in [0.717, 1.165) is 44.0 Å². The number of benzene rings is 1. The van der Waals surface area contributed by atoms with E-state index in [4.69, 9.17) is 10.5 Å². The number of nitrogens with two attached hydrogens (primary N) is 1. The lowest BCUT2D eigenvalue weighted by atomic mass is 9.96. The molecule has 3 rings (SSSR count). The van der Waals surface area contributed by atoms with Gasteiger partial charge < -0.3 is 15.0 Å². The third kappa shape index (κ3) is 4.35. The standard InChI is InChI=1S/C18H24N4O2/c19-17(23)14-22-11-8-20-18(22)15-6-9-21(10-7-15)12-13-24-16-4-2-1-3-5-16/h1-5,8,11,15H,6-7,9-10,12-14H2,(H2,19,23). The van der Waals surface area contributed by atoms with Crippen LogP contribution < -0.4 is 10.5 Å². The van der Waals surface area contributed by atoms with Gasteiger partial charge in [-0.3, -0.25) is 9.69 Å². The lowest BCUT2D eigenvalue weighted by Gasteiger charge is -2.31. The molecule has 0 bridgehead atoms. The van der Waals surface area contributed by atoms with E-state index in [0.29, 0.717) is 12.5 Å². The van der Waals surface area contributed by atoms with E-state index in [1.165, 1.54) is 0 Å². The number of imidazole rings is 1. The fourth-order valence-electron chi connectivity index (χ4n) is 3.21. The molecule has 1 aromatic heterocycles. The van der Waals surface area contributed by atoms with Gasteiger partial charge in [0.2, 0.25) is 5.91 Å². The van der Waals surface area contributed by atoms with Crippen molar-refractivity contribution in [2.45, 2.75) is 25.3 Å². The maximum Gasteiger partial charge on any atom is 0.237 e. The Labute approximate surface area is 142 Å². The molecule has 0 atom stereocenters. The molecule has 0 unspecified atom stereocenters. The minimum absolute atomic E-state index is 0.209. The zero-order valence-corrected chi connectivity index (χ0v) is 13.8. The first-order valence-electron chi connectivity index (χ1n) is 8.42. The van der Waals surface area contributed by atoms with E-state index in [1.54, 1.807) is 6.20 Å². The number of aromatic nitrogens is 2. The summed E-state index contributed by atoms with van der Waals surface area (Å²) in [6, 6.07) is 9.90. The number of carbonyl (C=O) groups is 1. The molecule has 2 heterocycles. The fraction of sp³-hybridized carbons (Fsp3) is 0.444. The van der Waals surface area contributed by atoms with Crippen LogP contribution >= 0.6 is 0 Å². The number of para-hydroxylation sites is 1. The Balaban J connectivity index is 1.44. The Morgan fingerprint density at radius 2 is 2.00 bits per heavy atom. The van der Waals surface area contributed by atoms with Gasteiger partial charge in [-0.2, -0.15) is 0 Å². The van der Waals surface area contributed by atoms with E-state index in [2.05, 4.69) is 9.88 Å². The number of nitrogens with zero attached hydrogens (tertiary/aromatic N) is 3. The quantitative estimate of drug-likeness (QED) is 0.838. The fourth-order valence-corrected chi connectivity index (χ4v) is 3.21. The van der Waals surface area contributed by atoms with Gasteiger partial charge in [-0.25, -0.2) is 4.98 Å². The zero-order valence-electron chi connectivity index (χ0n) is 13.8. The van der Waals surface area contributed by atoms with Gasteiger partial charge in [0, 0.05) is 24.9 Å². The SMILES string of the molecule is NC(=O)Cn1ccnc1C1CCN(CCOc2ccccc2)CC1. The molecule has 1 amide bonds. The van der Waals surface area contributed by atoms with Crippen molar-refractivity contribution in [3.8, 4) is 5.75 Å². The van der Waals surface area contributed by atoms with Crippen LogP contribution in [-0.4, -0.2) is 46.6 Å². The van der Waals surface area contributed by atoms with Gasteiger partial charge in [-0.05, 0) is 38.1 Å². The summed E-state index contributed by atoms with van der Waals surface area (Å²) in [5.41, 5.74) is 5.30. The number of amides is 1. The first-order chi connectivity index (χ1) is 11.7. The predicted octanol–water partition coefficient (Wildman–Crippen LogP) is 1.63. The monoisotopic (exact) mass is 328 g/mol. The van der Waals surface area contributed by atoms with Gasteiger partial charge in [0.05, 0.1) is 0 Å². The second-order valence-corrected chi connectivity index (χ2v) is 6.16. The number of likely N-dealkylation sites (tertiary alicyclic amines) is 1. The van der Waals surface area contributed by atoms with Crippen LogP contribution in [0.4, 0.5) is 0 Å². The van der Waals surface area contributed by atoms with Gasteiger partial charge in [0.25, 0.3) is 0 Å². The Kier molecular flexibility index (Phi) is 5.48. The minimum atomic E-state index is -0.329. The molecule has 1 fully saturated rings. The summed E-state index contributed by atoms with van der Waals surface area (Å²) in [7, 11) is 0. The maximum atomic E-state index is 11.1. The molecule has 2 N–H and O–H groups in total. The van der Waals surface area contributed by atoms with E-state index in [-0.39, 0.29) is 12.5 Å². The largest absolute Gasteiger partial charge is 0.492 e. The van der Waals surface area contributed by atoms with Crippen molar-refractivity contribution in [3.63, 3.8) is 0 Å². The van der Waals surface area contributed by atoms with Gasteiger partial charge >= 0.3 is 0 Å². The summed E-state index contributed by atoms with van der Waals surface area (Å²) in [4.78, 5) is 18.0. The van der Waals surface area contributed by atoms with E-state index in [9.17, 15) is 4.79 Å². The first kappa shape index (κ1) is 16.5. The van der Waals surface area contributed by atoms with Crippen molar-refractivity contribution in [2.75, 3.05) is 26.2 Å². The molecule has 128 valence electrons. The first-order valence-corrected chi connectivity index (χ1v) is 8.42. The smallest absolute Gasteiger partial charge is 0.237 e. The molecule has 1 aliphatic heterocycles. The van der Waals surface area contributed by atoms with Crippen molar-refractivity contribution >= 4 is 5.91 Å². The Morgan fingerprint density at radius 1 is 1.25 bits per heavy atom. The van der Waals surface area contributed by atoms with Crippen molar-refractivity contribution in [1.82, 2.24) is 14.5 Å². The third-order valence-corrected chi connectivity index (χ3v) is 4.45. The molecule has 24 heavy (non-hydrogen) atoms. The minimum Gasteiger partial charge on any atom is -0.492 e. The highest BCUT2D eigenvalue weighted by Gasteiger charge is 2.24. The Bertz CT molecular complexity index is 648. The number of piperidine rings is 1. The zero-order chi connectivity index (χ0) is 16.8. The molecule has 6 heteroatoms. The molecule has 1 aromatic carbocycles. The number of hydrogen-bond donors (Lipinski definition) is 1. The molecular weight excluding hydrogens is 304 g/mol. The number of rotatable bonds is 7. The van der Waals surface area contributed by atoms with Gasteiger partial charge in [0.1, 0.15) is 24.7 Å². The highest BCUT2D eigenvalue weighted by atomic mass is 16.5. The van der Waals surface area contributed by atoms with Crippen molar-refractivity contribution in [1.29, 1.82) is 0 Å². The van der Waals surface area contributed by atoms with Gasteiger partial charge in [-0.1, -0.05) is 18.2 Å². The number of carbonyl (C=O) groups excluding carboxylic acids is 1. The summed E-state index contributed by atoms with van der Waals surface area (Å²) < 4.78 is 7.64. The highest BCUT2D eigenvalue weighted by molar-refractivity contribution is 5.73. The number of hydrogen-bond acceptors (Lipinski definition) is 4. The Morgan fingerprint density at radius 3 is 2.71 bits per heavy atom. The molecule has 1 aliphatic rings. The molecule has 2 aromatic rings. The number of ether oxygens (including phenoxy) is 1. The molecule has 0 radical (unpaired) electrons. The van der Waals surface area contributed by atoms with Crippen LogP contribution in [0.3, 0.4) is 0 Å². The van der Waals surface area contributed by atoms with Crippen LogP contribution in [0.1, 0.15) is 24.6 Å². The van der Waals surface area contributed by atoms with Crippen molar-refractivity contribution < 1.29 is 9.53 Å². The van der Waals surface area contributed by atoms with Crippen LogP contribution in [0.5, 0.6) is 5.75 Å². The summed E-state index contributed by atoms with van der Waals surface area (Å²) in [6.45, 7) is 3.88. The van der Waals surface area contributed by atoms with E-state index in [1.807, 2.05) is 41.1 Å². The average Bonchev–Trinajstić information content (AvgIpc) is 3.04. The van der Waals surface area contributed by atoms with Gasteiger partial charge in [0.15, 0.2) is 0 Å². The van der Waals surface area contributed by atoms with Gasteiger partial charge in [-0.15, -0.1) is 0 Å². The molecule has 1 saturated heterocycles. The lowest BCUT2D eigenvalue weighted by molar-refractivity contribution is -0.118. The molecule has 0 aliphatic carbocycles. The van der Waals surface area contributed by atoms with Crippen LogP contribution in [0.15, 0.2) is 42.7 Å². The van der Waals surface area contributed by atoms with Crippen LogP contribution in [0.25, 0.3) is 0 Å². The van der Waals surface area contributed by atoms with Crippen molar-refractivity contribution in [3.05, 3.63) is 48.5 Å². The Hall–Kier alpha value is -2.34. The topological polar surface area (TPSA) is 73.4 Å². The van der Waals surface area contributed by atoms with Crippen LogP contribution in [0.2, 0.25) is 0 Å². The second kappa shape index (κ2) is 7.97. The summed E-state index contributed by atoms with van der Waals surface area (Å²) in [5.74, 6) is 1.96. The molecule has 6 nitrogen and oxygen atoms in total. The predicted molar refractivity (Wildman–Crippen MR) is 91.8 cm³/mol. The highest BCUT2D eigenvalue weighted by Crippen LogP contribution is 2.26. The van der Waals surface area contributed by atoms with Crippen LogP contribution in [0, 0.1) is 0 Å². The molecular formula is C18H24N4O2. The second-order valence-electron chi connectivity index (χ2n) is 6.16. The molecule has 0 saturated carbocycles. The average molecular weight is 328 g/mol. The number of primary amides is 1. The van der Waals surface area contributed by atoms with Crippen molar-refractivity contribution in [2.24, 2.45) is 5.73 Å². The maximum absolute atomic E-state index is 11.1. The van der Waals surface area contributed by atoms with Crippen LogP contribution in [-0.2, 0) is 11.3 Å². The van der Waals surface area contributed by atoms with E-state index >= 15 is 0 Å². The lowest BCUT2D eigenvalue weighted by Crippen LogP contribution is -2.36. The summed E-state index contributed by atoms with van der Waals surface area (Å²) in [6.07, 6.45) is 5.67. The third-order valence-electron chi connectivity index (χ3n) is 4.45. The normalized spacial score (nSPS) is 16.2. The summed E-state index contributed by atoms with van der Waals surface area (Å²) in [5, 5.41) is 0. The molecule has 0 spiro atoms.